The van der Waals surface area contributed by atoms with E-state index in [-0.39, 0.29) is 5.41 Å². The van der Waals surface area contributed by atoms with Crippen LogP contribution in [0.25, 0.3) is 21.9 Å². The second-order valence-corrected chi connectivity index (χ2v) is 5.54. The van der Waals surface area contributed by atoms with E-state index >= 15 is 0 Å². The van der Waals surface area contributed by atoms with Gasteiger partial charge >= 0.3 is 0 Å². The van der Waals surface area contributed by atoms with Crippen LogP contribution in [-0.4, -0.2) is 9.97 Å². The van der Waals surface area contributed by atoms with Crippen LogP contribution in [0.2, 0.25) is 0 Å². The molecule has 3 aromatic rings. The third kappa shape index (κ3) is 1.60. The fourth-order valence-electron chi connectivity index (χ4n) is 2.13. The number of rotatable bonds is 0. The van der Waals surface area contributed by atoms with Crippen molar-refractivity contribution in [3.63, 3.8) is 0 Å². The topological polar surface area (TPSA) is 28.7 Å². The fraction of sp³-hybridized carbons (Fsp3) is 0.267. The fourth-order valence-corrected chi connectivity index (χ4v) is 2.13. The summed E-state index contributed by atoms with van der Waals surface area (Å²) in [6.07, 6.45) is 1.97. The van der Waals surface area contributed by atoms with Crippen LogP contribution in [0.1, 0.15) is 26.3 Å². The Bertz CT molecular complexity index is 687. The smallest absolute Gasteiger partial charge is 0.138 e. The van der Waals surface area contributed by atoms with Gasteiger partial charge in [0.15, 0.2) is 0 Å². The molecule has 17 heavy (non-hydrogen) atoms. The maximum absolute atomic E-state index is 4.53. The van der Waals surface area contributed by atoms with Crippen LogP contribution >= 0.6 is 0 Å². The Hall–Kier alpha value is -1.83. The summed E-state index contributed by atoms with van der Waals surface area (Å²) in [7, 11) is 0. The zero-order valence-electron chi connectivity index (χ0n) is 10.4. The maximum Gasteiger partial charge on any atom is 0.138 e. The van der Waals surface area contributed by atoms with Crippen molar-refractivity contribution in [1.82, 2.24) is 9.97 Å². The number of benzene rings is 1. The quantitative estimate of drug-likeness (QED) is 0.614. The Balaban J connectivity index is 2.38. The van der Waals surface area contributed by atoms with E-state index in [0.29, 0.717) is 0 Å². The van der Waals surface area contributed by atoms with E-state index in [1.165, 1.54) is 16.3 Å². The van der Waals surface area contributed by atoms with Gasteiger partial charge in [0.2, 0.25) is 0 Å². The van der Waals surface area contributed by atoms with Crippen molar-refractivity contribution in [3.8, 4) is 0 Å². The molecule has 0 amide bonds. The predicted octanol–water partition coefficient (Wildman–Crippen LogP) is 4.01. The van der Waals surface area contributed by atoms with Gasteiger partial charge in [-0.2, -0.15) is 0 Å². The molecule has 0 unspecified atom stereocenters. The van der Waals surface area contributed by atoms with Gasteiger partial charge in [0, 0.05) is 22.5 Å². The number of nitrogens with one attached hydrogen (secondary N) is 1. The zero-order chi connectivity index (χ0) is 12.0. The van der Waals surface area contributed by atoms with E-state index < -0.39 is 0 Å². The zero-order valence-corrected chi connectivity index (χ0v) is 10.4. The number of aromatic nitrogens is 2. The highest BCUT2D eigenvalue weighted by Crippen LogP contribution is 2.28. The lowest BCUT2D eigenvalue weighted by Crippen LogP contribution is -2.11. The van der Waals surface area contributed by atoms with Crippen molar-refractivity contribution in [2.45, 2.75) is 26.2 Å². The van der Waals surface area contributed by atoms with Gasteiger partial charge < -0.3 is 4.98 Å². The molecule has 86 valence electrons. The molecule has 0 spiro atoms. The Kier molecular flexibility index (Phi) is 2.02. The van der Waals surface area contributed by atoms with Gasteiger partial charge in [-0.05, 0) is 23.1 Å². The SMILES string of the molecule is CC(C)(C)c1cnc2[nH]c3ccccc3c2c1. The molecular formula is C15H16N2. The van der Waals surface area contributed by atoms with Crippen molar-refractivity contribution in [3.05, 3.63) is 42.1 Å². The lowest BCUT2D eigenvalue weighted by Gasteiger charge is -2.18. The molecule has 2 aromatic heterocycles. The van der Waals surface area contributed by atoms with Gasteiger partial charge in [-0.15, -0.1) is 0 Å². The standard InChI is InChI=1S/C15H16N2/c1-15(2,3)10-8-12-11-6-4-5-7-13(11)17-14(12)16-9-10/h4-9H,1-3H3,(H,16,17). The molecule has 0 fully saturated rings. The minimum absolute atomic E-state index is 0.138. The van der Waals surface area contributed by atoms with E-state index in [9.17, 15) is 0 Å². The highest BCUT2D eigenvalue weighted by Gasteiger charge is 2.15. The molecule has 0 aliphatic carbocycles. The molecule has 0 bridgehead atoms. The molecular weight excluding hydrogens is 208 g/mol. The predicted molar refractivity (Wildman–Crippen MR) is 72.3 cm³/mol. The molecule has 2 heterocycles. The Morgan fingerprint density at radius 3 is 2.59 bits per heavy atom. The lowest BCUT2D eigenvalue weighted by molar-refractivity contribution is 0.589. The minimum Gasteiger partial charge on any atom is -0.339 e. The largest absolute Gasteiger partial charge is 0.339 e. The summed E-state index contributed by atoms with van der Waals surface area (Å²) < 4.78 is 0. The van der Waals surface area contributed by atoms with E-state index in [4.69, 9.17) is 0 Å². The Morgan fingerprint density at radius 1 is 1.06 bits per heavy atom. The van der Waals surface area contributed by atoms with Gasteiger partial charge in [-0.25, -0.2) is 4.98 Å². The summed E-state index contributed by atoms with van der Waals surface area (Å²) in [6, 6.07) is 10.6. The van der Waals surface area contributed by atoms with E-state index in [0.717, 1.165) is 11.2 Å². The monoisotopic (exact) mass is 224 g/mol. The molecule has 3 rings (SSSR count). The summed E-state index contributed by atoms with van der Waals surface area (Å²) in [5, 5.41) is 2.47. The third-order valence-corrected chi connectivity index (χ3v) is 3.22. The van der Waals surface area contributed by atoms with Gasteiger partial charge in [0.1, 0.15) is 5.65 Å². The first-order chi connectivity index (χ1) is 8.05. The molecule has 0 saturated heterocycles. The van der Waals surface area contributed by atoms with Crippen LogP contribution in [0.15, 0.2) is 36.5 Å². The second-order valence-electron chi connectivity index (χ2n) is 5.54. The molecule has 1 N–H and O–H groups in total. The highest BCUT2D eigenvalue weighted by molar-refractivity contribution is 6.05. The lowest BCUT2D eigenvalue weighted by atomic mass is 9.88. The molecule has 0 atom stereocenters. The maximum atomic E-state index is 4.53. The van der Waals surface area contributed by atoms with Crippen LogP contribution in [-0.2, 0) is 5.41 Å². The van der Waals surface area contributed by atoms with Crippen molar-refractivity contribution in [1.29, 1.82) is 0 Å². The number of hydrogen-bond acceptors (Lipinski definition) is 1. The summed E-state index contributed by atoms with van der Waals surface area (Å²) >= 11 is 0. The summed E-state index contributed by atoms with van der Waals surface area (Å²) in [5.74, 6) is 0. The van der Waals surface area contributed by atoms with Crippen LogP contribution in [0.3, 0.4) is 0 Å². The number of pyridine rings is 1. The second kappa shape index (κ2) is 3.33. The molecule has 0 radical (unpaired) electrons. The first kappa shape index (κ1) is 10.3. The van der Waals surface area contributed by atoms with Crippen LogP contribution < -0.4 is 0 Å². The summed E-state index contributed by atoms with van der Waals surface area (Å²) in [4.78, 5) is 7.87. The van der Waals surface area contributed by atoms with Gasteiger partial charge in [-0.1, -0.05) is 39.0 Å². The van der Waals surface area contributed by atoms with E-state index in [1.54, 1.807) is 0 Å². The number of hydrogen-bond donors (Lipinski definition) is 1. The van der Waals surface area contributed by atoms with Crippen LogP contribution in [0.4, 0.5) is 0 Å². The molecule has 0 aliphatic rings. The number of aromatic amines is 1. The van der Waals surface area contributed by atoms with Gasteiger partial charge in [0.05, 0.1) is 0 Å². The first-order valence-corrected chi connectivity index (χ1v) is 5.93. The van der Waals surface area contributed by atoms with E-state index in [1.807, 2.05) is 12.3 Å². The summed E-state index contributed by atoms with van der Waals surface area (Å²) in [6.45, 7) is 6.64. The Labute approximate surface area is 101 Å². The highest BCUT2D eigenvalue weighted by atomic mass is 14.8. The number of para-hydroxylation sites is 1. The van der Waals surface area contributed by atoms with Crippen LogP contribution in [0, 0.1) is 0 Å². The number of fused-ring (bicyclic) bond motifs is 3. The van der Waals surface area contributed by atoms with Gasteiger partial charge in [0.25, 0.3) is 0 Å². The number of H-pyrrole nitrogens is 1. The average Bonchev–Trinajstić information content (AvgIpc) is 2.65. The van der Waals surface area contributed by atoms with Crippen molar-refractivity contribution < 1.29 is 0 Å². The summed E-state index contributed by atoms with van der Waals surface area (Å²) in [5.41, 5.74) is 3.54. The Morgan fingerprint density at radius 2 is 1.82 bits per heavy atom. The van der Waals surface area contributed by atoms with Crippen molar-refractivity contribution >= 4 is 21.9 Å². The molecule has 0 aliphatic heterocycles. The minimum atomic E-state index is 0.138. The number of nitrogens with zero attached hydrogens (tertiary/aromatic N) is 1. The molecule has 2 heteroatoms. The third-order valence-electron chi connectivity index (χ3n) is 3.22. The van der Waals surface area contributed by atoms with E-state index in [2.05, 4.69) is 55.0 Å². The van der Waals surface area contributed by atoms with Gasteiger partial charge in [-0.3, -0.25) is 0 Å². The molecule has 2 nitrogen and oxygen atoms in total. The van der Waals surface area contributed by atoms with Crippen molar-refractivity contribution in [2.24, 2.45) is 0 Å². The first-order valence-electron chi connectivity index (χ1n) is 5.93. The molecule has 0 saturated carbocycles. The van der Waals surface area contributed by atoms with Crippen molar-refractivity contribution in [2.75, 3.05) is 0 Å². The average molecular weight is 224 g/mol. The molecule has 1 aromatic carbocycles. The van der Waals surface area contributed by atoms with Crippen LogP contribution in [0.5, 0.6) is 0 Å². The normalized spacial score (nSPS) is 12.4.